The molecule has 4 heteroatoms. The van der Waals surface area contributed by atoms with Gasteiger partial charge in [0.1, 0.15) is 12.5 Å². The van der Waals surface area contributed by atoms with Crippen LogP contribution < -0.4 is 5.73 Å². The average Bonchev–Trinajstić information content (AvgIpc) is 2.44. The Balaban J connectivity index is 2.16. The summed E-state index contributed by atoms with van der Waals surface area (Å²) in [6.07, 6.45) is 2.86. The molecular weight excluding hydrogens is 178 g/mol. The van der Waals surface area contributed by atoms with E-state index in [9.17, 15) is 0 Å². The van der Waals surface area contributed by atoms with Gasteiger partial charge in [-0.1, -0.05) is 20.8 Å². The predicted molar refractivity (Wildman–Crippen MR) is 56.7 cm³/mol. The molecule has 0 unspecified atom stereocenters. The highest BCUT2D eigenvalue weighted by Gasteiger charge is 2.09. The summed E-state index contributed by atoms with van der Waals surface area (Å²) in [5.74, 6) is 0.532. The fraction of sp³-hybridized carbons (Fsp3) is 0.700. The lowest BCUT2D eigenvalue weighted by molar-refractivity contribution is 0.0519. The van der Waals surface area contributed by atoms with Crippen LogP contribution in [-0.4, -0.2) is 16.4 Å². The zero-order valence-electron chi connectivity index (χ0n) is 9.16. The van der Waals surface area contributed by atoms with E-state index in [2.05, 4.69) is 25.9 Å². The van der Waals surface area contributed by atoms with Crippen molar-refractivity contribution in [1.29, 1.82) is 0 Å². The number of nitrogens with two attached hydrogens (primary N) is 1. The van der Waals surface area contributed by atoms with E-state index in [-0.39, 0.29) is 0 Å². The van der Waals surface area contributed by atoms with E-state index in [1.807, 2.05) is 6.20 Å². The van der Waals surface area contributed by atoms with Gasteiger partial charge in [-0.2, -0.15) is 5.10 Å². The molecule has 0 bridgehead atoms. The molecular formula is C10H19N3O. The van der Waals surface area contributed by atoms with Gasteiger partial charge in [0, 0.05) is 18.9 Å². The molecule has 1 aromatic rings. The van der Waals surface area contributed by atoms with Gasteiger partial charge in [-0.15, -0.1) is 0 Å². The summed E-state index contributed by atoms with van der Waals surface area (Å²) in [6, 6.07) is 1.76. The highest BCUT2D eigenvalue weighted by molar-refractivity contribution is 5.23. The normalized spacial score (nSPS) is 11.9. The highest BCUT2D eigenvalue weighted by atomic mass is 16.5. The van der Waals surface area contributed by atoms with Crippen LogP contribution in [0.5, 0.6) is 0 Å². The molecule has 0 aliphatic carbocycles. The number of hydrogen-bond donors (Lipinski definition) is 1. The lowest BCUT2D eigenvalue weighted by Gasteiger charge is -2.17. The lowest BCUT2D eigenvalue weighted by Crippen LogP contribution is -2.11. The van der Waals surface area contributed by atoms with Gasteiger partial charge in [0.2, 0.25) is 0 Å². The fourth-order valence-corrected chi connectivity index (χ4v) is 0.986. The minimum Gasteiger partial charge on any atom is -0.382 e. The first-order valence-electron chi connectivity index (χ1n) is 4.84. The van der Waals surface area contributed by atoms with Crippen LogP contribution in [0.25, 0.3) is 0 Å². The van der Waals surface area contributed by atoms with E-state index < -0.39 is 0 Å². The van der Waals surface area contributed by atoms with E-state index in [1.54, 1.807) is 10.7 Å². The molecule has 0 spiro atoms. The maximum atomic E-state index is 5.46. The standard InChI is InChI=1S/C10H19N3O/c1-10(2,3)5-7-14-8-13-6-4-9(11)12-13/h4,6H,5,7-8H2,1-3H3,(H2,11,12). The largest absolute Gasteiger partial charge is 0.382 e. The van der Waals surface area contributed by atoms with Crippen LogP contribution in [0.4, 0.5) is 5.82 Å². The molecule has 2 N–H and O–H groups in total. The molecule has 0 amide bonds. The molecule has 1 heterocycles. The number of aromatic nitrogens is 2. The van der Waals surface area contributed by atoms with Crippen LogP contribution in [0.1, 0.15) is 27.2 Å². The fourth-order valence-electron chi connectivity index (χ4n) is 0.986. The van der Waals surface area contributed by atoms with Gasteiger partial charge in [-0.05, 0) is 11.8 Å². The van der Waals surface area contributed by atoms with Crippen molar-refractivity contribution in [1.82, 2.24) is 9.78 Å². The van der Waals surface area contributed by atoms with Gasteiger partial charge in [0.25, 0.3) is 0 Å². The first-order valence-corrected chi connectivity index (χ1v) is 4.84. The van der Waals surface area contributed by atoms with Crippen molar-refractivity contribution in [2.24, 2.45) is 5.41 Å². The number of hydrogen-bond acceptors (Lipinski definition) is 3. The average molecular weight is 197 g/mol. The quantitative estimate of drug-likeness (QED) is 0.750. The zero-order chi connectivity index (χ0) is 10.6. The van der Waals surface area contributed by atoms with Gasteiger partial charge in [-0.3, -0.25) is 0 Å². The van der Waals surface area contributed by atoms with Crippen molar-refractivity contribution in [3.63, 3.8) is 0 Å². The molecule has 0 aliphatic heterocycles. The van der Waals surface area contributed by atoms with E-state index in [0.29, 0.717) is 18.0 Å². The summed E-state index contributed by atoms with van der Waals surface area (Å²) in [4.78, 5) is 0. The minimum atomic E-state index is 0.323. The van der Waals surface area contributed by atoms with Gasteiger partial charge < -0.3 is 10.5 Å². The third-order valence-electron chi connectivity index (χ3n) is 1.88. The maximum absolute atomic E-state index is 5.46. The Labute approximate surface area is 85.0 Å². The molecule has 80 valence electrons. The molecule has 14 heavy (non-hydrogen) atoms. The molecule has 1 aromatic heterocycles. The molecule has 0 fully saturated rings. The molecule has 1 rings (SSSR count). The van der Waals surface area contributed by atoms with Gasteiger partial charge in [0.15, 0.2) is 0 Å². The maximum Gasteiger partial charge on any atom is 0.145 e. The van der Waals surface area contributed by atoms with Crippen molar-refractivity contribution in [3.8, 4) is 0 Å². The molecule has 0 saturated heterocycles. The molecule has 0 aromatic carbocycles. The monoisotopic (exact) mass is 197 g/mol. The smallest absolute Gasteiger partial charge is 0.145 e. The third-order valence-corrected chi connectivity index (χ3v) is 1.88. The van der Waals surface area contributed by atoms with E-state index in [0.717, 1.165) is 13.0 Å². The van der Waals surface area contributed by atoms with Crippen LogP contribution in [0.2, 0.25) is 0 Å². The number of anilines is 1. The SMILES string of the molecule is CC(C)(C)CCOCn1ccc(N)n1. The Morgan fingerprint density at radius 3 is 2.71 bits per heavy atom. The Bertz CT molecular complexity index is 275. The van der Waals surface area contributed by atoms with Crippen LogP contribution in [0, 0.1) is 5.41 Å². The lowest BCUT2D eigenvalue weighted by atomic mass is 9.93. The second kappa shape index (κ2) is 4.46. The topological polar surface area (TPSA) is 53.1 Å². The third kappa shape index (κ3) is 4.28. The minimum absolute atomic E-state index is 0.323. The molecule has 4 nitrogen and oxygen atoms in total. The van der Waals surface area contributed by atoms with Crippen molar-refractivity contribution in [2.45, 2.75) is 33.9 Å². The Kier molecular flexibility index (Phi) is 3.52. The summed E-state index contributed by atoms with van der Waals surface area (Å²) < 4.78 is 7.15. The summed E-state index contributed by atoms with van der Waals surface area (Å²) in [6.45, 7) is 7.82. The predicted octanol–water partition coefficient (Wildman–Crippen LogP) is 1.88. The van der Waals surface area contributed by atoms with Gasteiger partial charge in [0.05, 0.1) is 0 Å². The highest BCUT2D eigenvalue weighted by Crippen LogP contribution is 2.17. The van der Waals surface area contributed by atoms with Crippen LogP contribution in [0.3, 0.4) is 0 Å². The Hall–Kier alpha value is -1.03. The first-order chi connectivity index (χ1) is 6.47. The molecule has 0 atom stereocenters. The number of ether oxygens (including phenoxy) is 1. The number of nitrogen functional groups attached to an aromatic ring is 1. The molecule has 0 radical (unpaired) electrons. The van der Waals surface area contributed by atoms with Crippen molar-refractivity contribution in [3.05, 3.63) is 12.3 Å². The van der Waals surface area contributed by atoms with E-state index in [1.165, 1.54) is 0 Å². The first kappa shape index (κ1) is 11.0. The van der Waals surface area contributed by atoms with E-state index in [4.69, 9.17) is 10.5 Å². The zero-order valence-corrected chi connectivity index (χ0v) is 9.16. The van der Waals surface area contributed by atoms with Gasteiger partial charge >= 0.3 is 0 Å². The van der Waals surface area contributed by atoms with E-state index >= 15 is 0 Å². The Morgan fingerprint density at radius 2 is 2.21 bits per heavy atom. The second-order valence-electron chi connectivity index (χ2n) is 4.63. The molecule has 0 saturated carbocycles. The number of nitrogens with zero attached hydrogens (tertiary/aromatic N) is 2. The second-order valence-corrected chi connectivity index (χ2v) is 4.63. The summed E-state index contributed by atoms with van der Waals surface area (Å²) >= 11 is 0. The van der Waals surface area contributed by atoms with Crippen molar-refractivity contribution in [2.75, 3.05) is 12.3 Å². The van der Waals surface area contributed by atoms with Crippen LogP contribution in [0.15, 0.2) is 12.3 Å². The summed E-state index contributed by atoms with van der Waals surface area (Å²) in [5, 5.41) is 4.01. The molecule has 0 aliphatic rings. The summed E-state index contributed by atoms with van der Waals surface area (Å²) in [5.41, 5.74) is 5.79. The Morgan fingerprint density at radius 1 is 1.50 bits per heavy atom. The van der Waals surface area contributed by atoms with Crippen molar-refractivity contribution < 1.29 is 4.74 Å². The van der Waals surface area contributed by atoms with Gasteiger partial charge in [-0.25, -0.2) is 4.68 Å². The summed E-state index contributed by atoms with van der Waals surface area (Å²) in [7, 11) is 0. The number of rotatable bonds is 4. The van der Waals surface area contributed by atoms with Crippen molar-refractivity contribution >= 4 is 5.82 Å². The van der Waals surface area contributed by atoms with Crippen LogP contribution in [-0.2, 0) is 11.5 Å². The van der Waals surface area contributed by atoms with Crippen LogP contribution >= 0.6 is 0 Å².